The molecule has 0 spiro atoms. The standard InChI is InChI=1S/C23H24N4O2S/c1-23(2,3)16-9-7-14(8-10-16)21(28)27-18-11-12-30-19(18)22(29)26-17-6-4-5-15(13-17)20(24)25/h4-13H,1-3H3,(H3,24,25)(H,26,29)(H,27,28). The molecule has 2 amide bonds. The van der Waals surface area contributed by atoms with Gasteiger partial charge in [-0.3, -0.25) is 15.0 Å². The van der Waals surface area contributed by atoms with E-state index in [1.165, 1.54) is 11.3 Å². The van der Waals surface area contributed by atoms with Crippen LogP contribution in [0.4, 0.5) is 11.4 Å². The van der Waals surface area contributed by atoms with Crippen molar-refractivity contribution in [2.75, 3.05) is 10.6 Å². The van der Waals surface area contributed by atoms with Crippen LogP contribution >= 0.6 is 11.3 Å². The van der Waals surface area contributed by atoms with Gasteiger partial charge in [0.2, 0.25) is 0 Å². The molecule has 1 aromatic heterocycles. The maximum Gasteiger partial charge on any atom is 0.267 e. The molecule has 0 atom stereocenters. The van der Waals surface area contributed by atoms with Crippen molar-refractivity contribution in [2.45, 2.75) is 26.2 Å². The first-order valence-corrected chi connectivity index (χ1v) is 10.3. The van der Waals surface area contributed by atoms with Crippen LogP contribution < -0.4 is 16.4 Å². The highest BCUT2D eigenvalue weighted by molar-refractivity contribution is 7.12. The van der Waals surface area contributed by atoms with Crippen LogP contribution in [-0.4, -0.2) is 17.6 Å². The van der Waals surface area contributed by atoms with Crippen LogP contribution in [0.2, 0.25) is 0 Å². The Kier molecular flexibility index (Phi) is 6.03. The Hall–Kier alpha value is -3.45. The molecular weight excluding hydrogens is 396 g/mol. The van der Waals surface area contributed by atoms with Crippen molar-refractivity contribution in [3.05, 3.63) is 81.5 Å². The van der Waals surface area contributed by atoms with Crippen LogP contribution in [0, 0.1) is 5.41 Å². The molecule has 2 aromatic carbocycles. The van der Waals surface area contributed by atoms with Crippen LogP contribution in [-0.2, 0) is 5.41 Å². The van der Waals surface area contributed by atoms with E-state index in [0.29, 0.717) is 27.4 Å². The molecule has 0 radical (unpaired) electrons. The van der Waals surface area contributed by atoms with Gasteiger partial charge in [-0.2, -0.15) is 0 Å². The fourth-order valence-electron chi connectivity index (χ4n) is 2.85. The quantitative estimate of drug-likeness (QED) is 0.350. The van der Waals surface area contributed by atoms with Crippen molar-refractivity contribution in [1.82, 2.24) is 0 Å². The number of anilines is 2. The molecule has 5 N–H and O–H groups in total. The lowest BCUT2D eigenvalue weighted by Crippen LogP contribution is -2.17. The normalized spacial score (nSPS) is 11.0. The molecule has 154 valence electrons. The molecule has 0 aliphatic carbocycles. The van der Waals surface area contributed by atoms with E-state index in [-0.39, 0.29) is 23.1 Å². The maximum atomic E-state index is 12.7. The molecule has 3 rings (SSSR count). The highest BCUT2D eigenvalue weighted by Crippen LogP contribution is 2.26. The van der Waals surface area contributed by atoms with Gasteiger partial charge in [0.1, 0.15) is 10.7 Å². The Balaban J connectivity index is 1.73. The van der Waals surface area contributed by atoms with Crippen LogP contribution in [0.15, 0.2) is 60.0 Å². The molecule has 7 heteroatoms. The fourth-order valence-corrected chi connectivity index (χ4v) is 3.60. The van der Waals surface area contributed by atoms with Crippen LogP contribution in [0.3, 0.4) is 0 Å². The highest BCUT2D eigenvalue weighted by Gasteiger charge is 2.18. The zero-order valence-electron chi connectivity index (χ0n) is 17.1. The summed E-state index contributed by atoms with van der Waals surface area (Å²) in [6.07, 6.45) is 0. The molecule has 0 saturated carbocycles. The zero-order valence-corrected chi connectivity index (χ0v) is 17.9. The molecule has 1 heterocycles. The van der Waals surface area contributed by atoms with Gasteiger partial charge >= 0.3 is 0 Å². The van der Waals surface area contributed by atoms with Crippen LogP contribution in [0.25, 0.3) is 0 Å². The van der Waals surface area contributed by atoms with Crippen LogP contribution in [0.1, 0.15) is 51.9 Å². The number of amides is 2. The molecule has 0 saturated heterocycles. The predicted octanol–water partition coefficient (Wildman–Crippen LogP) is 4.83. The van der Waals surface area contributed by atoms with Crippen molar-refractivity contribution in [1.29, 1.82) is 5.41 Å². The largest absolute Gasteiger partial charge is 0.384 e. The first-order chi connectivity index (χ1) is 14.1. The minimum absolute atomic E-state index is 0.00726. The number of thiophene rings is 1. The Morgan fingerprint density at radius 2 is 1.63 bits per heavy atom. The summed E-state index contributed by atoms with van der Waals surface area (Å²) < 4.78 is 0. The molecule has 6 nitrogen and oxygen atoms in total. The second-order valence-corrected chi connectivity index (χ2v) is 8.81. The third-order valence-electron chi connectivity index (χ3n) is 4.56. The Labute approximate surface area is 179 Å². The average molecular weight is 421 g/mol. The van der Waals surface area contributed by atoms with Crippen LogP contribution in [0.5, 0.6) is 0 Å². The number of nitrogen functional groups attached to an aromatic ring is 1. The molecule has 0 aliphatic rings. The van der Waals surface area contributed by atoms with E-state index in [1.807, 2.05) is 12.1 Å². The number of benzene rings is 2. The number of carbonyl (C=O) groups is 2. The number of amidine groups is 1. The van der Waals surface area contributed by atoms with E-state index in [1.54, 1.807) is 47.8 Å². The Morgan fingerprint density at radius 3 is 2.27 bits per heavy atom. The van der Waals surface area contributed by atoms with E-state index in [2.05, 4.69) is 31.4 Å². The lowest BCUT2D eigenvalue weighted by atomic mass is 9.87. The summed E-state index contributed by atoms with van der Waals surface area (Å²) in [6, 6.07) is 15.9. The molecule has 30 heavy (non-hydrogen) atoms. The summed E-state index contributed by atoms with van der Waals surface area (Å²) in [5.41, 5.74) is 8.66. The minimum atomic E-state index is -0.343. The predicted molar refractivity (Wildman–Crippen MR) is 123 cm³/mol. The molecule has 0 unspecified atom stereocenters. The fraction of sp³-hybridized carbons (Fsp3) is 0.174. The number of nitrogens with two attached hydrogens (primary N) is 1. The van der Waals surface area contributed by atoms with Gasteiger partial charge in [-0.15, -0.1) is 11.3 Å². The van der Waals surface area contributed by atoms with Gasteiger partial charge < -0.3 is 16.4 Å². The van der Waals surface area contributed by atoms with Crippen molar-refractivity contribution in [3.8, 4) is 0 Å². The smallest absolute Gasteiger partial charge is 0.267 e. The van der Waals surface area contributed by atoms with Gasteiger partial charge in [-0.25, -0.2) is 0 Å². The monoisotopic (exact) mass is 420 g/mol. The topological polar surface area (TPSA) is 108 Å². The van der Waals surface area contributed by atoms with Gasteiger partial charge in [0.25, 0.3) is 11.8 Å². The third kappa shape index (κ3) is 4.93. The first kappa shape index (κ1) is 21.3. The Bertz CT molecular complexity index is 1090. The summed E-state index contributed by atoms with van der Waals surface area (Å²) >= 11 is 1.24. The average Bonchev–Trinajstić information content (AvgIpc) is 3.16. The van der Waals surface area contributed by atoms with E-state index in [4.69, 9.17) is 11.1 Å². The summed E-state index contributed by atoms with van der Waals surface area (Å²) in [6.45, 7) is 6.35. The second kappa shape index (κ2) is 8.51. The molecule has 0 aliphatic heterocycles. The van der Waals surface area contributed by atoms with Crippen molar-refractivity contribution in [2.24, 2.45) is 5.73 Å². The van der Waals surface area contributed by atoms with E-state index in [0.717, 1.165) is 5.56 Å². The second-order valence-electron chi connectivity index (χ2n) is 7.89. The van der Waals surface area contributed by atoms with Gasteiger partial charge in [0, 0.05) is 16.8 Å². The number of nitrogens with one attached hydrogen (secondary N) is 3. The Morgan fingerprint density at radius 1 is 0.933 bits per heavy atom. The molecule has 0 fully saturated rings. The van der Waals surface area contributed by atoms with Gasteiger partial charge in [0.15, 0.2) is 0 Å². The zero-order chi connectivity index (χ0) is 21.9. The molecule has 3 aromatic rings. The van der Waals surface area contributed by atoms with Gasteiger partial charge in [-0.05, 0) is 46.7 Å². The summed E-state index contributed by atoms with van der Waals surface area (Å²) in [5.74, 6) is -0.696. The minimum Gasteiger partial charge on any atom is -0.384 e. The number of hydrogen-bond acceptors (Lipinski definition) is 4. The molecular formula is C23H24N4O2S. The van der Waals surface area contributed by atoms with E-state index < -0.39 is 0 Å². The third-order valence-corrected chi connectivity index (χ3v) is 5.48. The highest BCUT2D eigenvalue weighted by atomic mass is 32.1. The van der Waals surface area contributed by atoms with Crippen molar-refractivity contribution >= 4 is 40.4 Å². The number of carbonyl (C=O) groups excluding carboxylic acids is 2. The molecule has 0 bridgehead atoms. The maximum absolute atomic E-state index is 12.7. The van der Waals surface area contributed by atoms with Gasteiger partial charge in [0.05, 0.1) is 5.69 Å². The lowest BCUT2D eigenvalue weighted by Gasteiger charge is -2.19. The number of hydrogen-bond donors (Lipinski definition) is 4. The number of rotatable bonds is 5. The lowest BCUT2D eigenvalue weighted by molar-refractivity contribution is 0.102. The summed E-state index contributed by atoms with van der Waals surface area (Å²) in [5, 5.41) is 14.9. The summed E-state index contributed by atoms with van der Waals surface area (Å²) in [7, 11) is 0. The van der Waals surface area contributed by atoms with Gasteiger partial charge in [-0.1, -0.05) is 45.0 Å². The SMILES string of the molecule is CC(C)(C)c1ccc(C(=O)Nc2ccsc2C(=O)Nc2cccc(C(=N)N)c2)cc1. The summed E-state index contributed by atoms with van der Waals surface area (Å²) in [4.78, 5) is 25.8. The van der Waals surface area contributed by atoms with Crippen molar-refractivity contribution < 1.29 is 9.59 Å². The van der Waals surface area contributed by atoms with Crippen molar-refractivity contribution in [3.63, 3.8) is 0 Å². The van der Waals surface area contributed by atoms with E-state index >= 15 is 0 Å². The first-order valence-electron chi connectivity index (χ1n) is 9.40. The van der Waals surface area contributed by atoms with E-state index in [9.17, 15) is 9.59 Å².